The summed E-state index contributed by atoms with van der Waals surface area (Å²) in [5.41, 5.74) is 7.13. The van der Waals surface area contributed by atoms with E-state index >= 15 is 0 Å². The van der Waals surface area contributed by atoms with Gasteiger partial charge in [-0.2, -0.15) is 0 Å². The molecule has 0 aliphatic rings. The number of hydrogen-bond acceptors (Lipinski definition) is 5. The van der Waals surface area contributed by atoms with E-state index in [1.807, 2.05) is 6.07 Å². The molecule has 6 nitrogen and oxygen atoms in total. The first-order valence-electron chi connectivity index (χ1n) is 5.74. The highest BCUT2D eigenvalue weighted by atomic mass is 32.2. The Kier molecular flexibility index (Phi) is 4.31. The van der Waals surface area contributed by atoms with Gasteiger partial charge in [0.1, 0.15) is 0 Å². The molecule has 19 heavy (non-hydrogen) atoms. The van der Waals surface area contributed by atoms with Crippen molar-refractivity contribution >= 4 is 10.0 Å². The second-order valence-corrected chi connectivity index (χ2v) is 5.89. The molecule has 3 N–H and O–H groups in total. The monoisotopic (exact) mass is 281 g/mol. The zero-order valence-corrected chi connectivity index (χ0v) is 11.1. The van der Waals surface area contributed by atoms with Crippen LogP contribution < -0.4 is 10.5 Å². The maximum Gasteiger partial charge on any atom is 0.216 e. The minimum Gasteiger partial charge on any atom is -0.360 e. The molecule has 1 aromatic heterocycles. The van der Waals surface area contributed by atoms with E-state index in [0.29, 0.717) is 17.9 Å². The van der Waals surface area contributed by atoms with E-state index < -0.39 is 10.0 Å². The Morgan fingerprint density at radius 2 is 2.05 bits per heavy atom. The lowest BCUT2D eigenvalue weighted by molar-refractivity contribution is 0.380. The van der Waals surface area contributed by atoms with E-state index in [-0.39, 0.29) is 12.3 Å². The highest BCUT2D eigenvalue weighted by molar-refractivity contribution is 7.88. The third kappa shape index (κ3) is 4.16. The Balaban J connectivity index is 2.00. The molecule has 1 heterocycles. The van der Waals surface area contributed by atoms with Crippen LogP contribution in [0.4, 0.5) is 0 Å². The van der Waals surface area contributed by atoms with Gasteiger partial charge in [-0.15, -0.1) is 0 Å². The van der Waals surface area contributed by atoms with Gasteiger partial charge in [0.25, 0.3) is 0 Å². The molecule has 0 amide bonds. The minimum atomic E-state index is -3.41. The van der Waals surface area contributed by atoms with Crippen LogP contribution in [-0.4, -0.2) is 13.6 Å². The second-order valence-electron chi connectivity index (χ2n) is 4.08. The van der Waals surface area contributed by atoms with Crippen molar-refractivity contribution in [1.29, 1.82) is 0 Å². The fourth-order valence-electron chi connectivity index (χ4n) is 1.63. The number of nitrogens with zero attached hydrogens (tertiary/aromatic N) is 1. The normalized spacial score (nSPS) is 11.6. The van der Waals surface area contributed by atoms with Crippen molar-refractivity contribution < 1.29 is 12.9 Å². The van der Waals surface area contributed by atoms with Gasteiger partial charge in [-0.05, 0) is 11.1 Å². The van der Waals surface area contributed by atoms with Crippen LogP contribution >= 0.6 is 0 Å². The van der Waals surface area contributed by atoms with Crippen molar-refractivity contribution in [3.8, 4) is 0 Å². The van der Waals surface area contributed by atoms with E-state index in [1.54, 1.807) is 24.3 Å². The molecule has 0 bridgehead atoms. The second kappa shape index (κ2) is 5.96. The topological polar surface area (TPSA) is 98.2 Å². The van der Waals surface area contributed by atoms with E-state index in [1.165, 1.54) is 6.20 Å². The summed E-state index contributed by atoms with van der Waals surface area (Å²) in [4.78, 5) is 0. The molecule has 0 radical (unpaired) electrons. The molecule has 0 aliphatic carbocycles. The van der Waals surface area contributed by atoms with Gasteiger partial charge in [-0.25, -0.2) is 13.1 Å². The standard InChI is InChI=1S/C12H15N3O3S/c13-7-10-2-1-3-11(6-10)9-19(16,17)15-8-12-4-5-14-18-12/h1-6,15H,7-9,13H2. The quantitative estimate of drug-likeness (QED) is 0.814. The summed E-state index contributed by atoms with van der Waals surface area (Å²) in [7, 11) is -3.41. The Morgan fingerprint density at radius 1 is 1.26 bits per heavy atom. The summed E-state index contributed by atoms with van der Waals surface area (Å²) in [6, 6.07) is 8.81. The molecule has 7 heteroatoms. The van der Waals surface area contributed by atoms with Crippen molar-refractivity contribution in [2.75, 3.05) is 0 Å². The summed E-state index contributed by atoms with van der Waals surface area (Å²) < 4.78 is 31.1. The van der Waals surface area contributed by atoms with Gasteiger partial charge in [0.05, 0.1) is 18.5 Å². The molecule has 2 rings (SSSR count). The lowest BCUT2D eigenvalue weighted by Gasteiger charge is -2.06. The Morgan fingerprint density at radius 3 is 2.74 bits per heavy atom. The Hall–Kier alpha value is -1.70. The fraction of sp³-hybridized carbons (Fsp3) is 0.250. The van der Waals surface area contributed by atoms with Gasteiger partial charge < -0.3 is 10.3 Å². The molecule has 0 spiro atoms. The van der Waals surface area contributed by atoms with Crippen molar-refractivity contribution in [3.05, 3.63) is 53.4 Å². The van der Waals surface area contributed by atoms with Gasteiger partial charge in [-0.3, -0.25) is 0 Å². The number of sulfonamides is 1. The fourth-order valence-corrected chi connectivity index (χ4v) is 2.71. The molecule has 0 saturated carbocycles. The molecule has 0 aliphatic heterocycles. The first-order chi connectivity index (χ1) is 9.09. The van der Waals surface area contributed by atoms with Crippen LogP contribution in [0.25, 0.3) is 0 Å². The van der Waals surface area contributed by atoms with Crippen molar-refractivity contribution in [1.82, 2.24) is 9.88 Å². The van der Waals surface area contributed by atoms with Crippen LogP contribution in [0.1, 0.15) is 16.9 Å². The van der Waals surface area contributed by atoms with Crippen molar-refractivity contribution in [3.63, 3.8) is 0 Å². The molecule has 2 aromatic rings. The van der Waals surface area contributed by atoms with Crippen molar-refractivity contribution in [2.24, 2.45) is 5.73 Å². The molecular weight excluding hydrogens is 266 g/mol. The summed E-state index contributed by atoms with van der Waals surface area (Å²) in [6.45, 7) is 0.484. The average Bonchev–Trinajstić information content (AvgIpc) is 2.89. The molecule has 102 valence electrons. The molecular formula is C12H15N3O3S. The summed E-state index contributed by atoms with van der Waals surface area (Å²) in [6.07, 6.45) is 1.47. The third-order valence-corrected chi connectivity index (χ3v) is 3.84. The predicted octanol–water partition coefficient (Wildman–Crippen LogP) is 0.753. The zero-order valence-electron chi connectivity index (χ0n) is 10.2. The number of aromatic nitrogens is 1. The van der Waals surface area contributed by atoms with Crippen LogP contribution in [0.2, 0.25) is 0 Å². The average molecular weight is 281 g/mol. The molecule has 0 fully saturated rings. The van der Waals surface area contributed by atoms with Crippen LogP contribution in [0.15, 0.2) is 41.1 Å². The summed E-state index contributed by atoms with van der Waals surface area (Å²) in [5, 5.41) is 3.51. The maximum absolute atomic E-state index is 11.9. The first-order valence-corrected chi connectivity index (χ1v) is 7.39. The van der Waals surface area contributed by atoms with Crippen molar-refractivity contribution in [2.45, 2.75) is 18.8 Å². The predicted molar refractivity (Wildman–Crippen MR) is 70.3 cm³/mol. The Bertz CT molecular complexity index is 623. The molecule has 0 saturated heterocycles. The summed E-state index contributed by atoms with van der Waals surface area (Å²) >= 11 is 0. The van der Waals surface area contributed by atoms with Crippen LogP contribution in [-0.2, 0) is 28.9 Å². The van der Waals surface area contributed by atoms with E-state index in [4.69, 9.17) is 10.3 Å². The molecule has 1 aromatic carbocycles. The largest absolute Gasteiger partial charge is 0.360 e. The van der Waals surface area contributed by atoms with Gasteiger partial charge in [0.2, 0.25) is 10.0 Å². The Labute approximate surface area is 111 Å². The van der Waals surface area contributed by atoms with E-state index in [9.17, 15) is 8.42 Å². The zero-order chi connectivity index (χ0) is 13.7. The van der Waals surface area contributed by atoms with E-state index in [2.05, 4.69) is 9.88 Å². The van der Waals surface area contributed by atoms with E-state index in [0.717, 1.165) is 5.56 Å². The molecule has 0 unspecified atom stereocenters. The van der Waals surface area contributed by atoms with Crippen LogP contribution in [0, 0.1) is 0 Å². The number of rotatable bonds is 6. The lowest BCUT2D eigenvalue weighted by atomic mass is 10.1. The van der Waals surface area contributed by atoms with Gasteiger partial charge in [0, 0.05) is 12.6 Å². The number of hydrogen-bond donors (Lipinski definition) is 2. The van der Waals surface area contributed by atoms with Gasteiger partial charge in [0.15, 0.2) is 5.76 Å². The third-order valence-electron chi connectivity index (χ3n) is 2.54. The molecule has 0 atom stereocenters. The van der Waals surface area contributed by atoms with Gasteiger partial charge in [-0.1, -0.05) is 29.4 Å². The number of nitrogens with two attached hydrogens (primary N) is 1. The smallest absolute Gasteiger partial charge is 0.216 e. The van der Waals surface area contributed by atoms with Crippen LogP contribution in [0.3, 0.4) is 0 Å². The SMILES string of the molecule is NCc1cccc(CS(=O)(=O)NCc2ccno2)c1. The summed E-state index contributed by atoms with van der Waals surface area (Å²) in [5.74, 6) is 0.383. The highest BCUT2D eigenvalue weighted by Crippen LogP contribution is 2.09. The first kappa shape index (κ1) is 13.7. The van der Waals surface area contributed by atoms with Gasteiger partial charge >= 0.3 is 0 Å². The lowest BCUT2D eigenvalue weighted by Crippen LogP contribution is -2.24. The number of nitrogens with one attached hydrogen (secondary N) is 1. The minimum absolute atomic E-state index is 0.0883. The maximum atomic E-state index is 11.9. The highest BCUT2D eigenvalue weighted by Gasteiger charge is 2.12. The number of benzene rings is 1. The van der Waals surface area contributed by atoms with Crippen LogP contribution in [0.5, 0.6) is 0 Å².